The summed E-state index contributed by atoms with van der Waals surface area (Å²) < 4.78 is 0. The molecule has 2 amide bonds. The largest absolute Gasteiger partial charge is 0.351 e. The fourth-order valence-electron chi connectivity index (χ4n) is 3.77. The van der Waals surface area contributed by atoms with E-state index in [-0.39, 0.29) is 17.9 Å². The number of rotatable bonds is 3. The van der Waals surface area contributed by atoms with Gasteiger partial charge in [-0.2, -0.15) is 0 Å². The Morgan fingerprint density at radius 3 is 2.57 bits per heavy atom. The van der Waals surface area contributed by atoms with Crippen molar-refractivity contribution >= 4 is 17.5 Å². The lowest BCUT2D eigenvalue weighted by Gasteiger charge is -2.35. The molecular weight excluding hydrogens is 288 g/mol. The van der Waals surface area contributed by atoms with Crippen LogP contribution in [0.3, 0.4) is 0 Å². The number of aryl methyl sites for hydroxylation is 2. The van der Waals surface area contributed by atoms with Crippen molar-refractivity contribution in [2.24, 2.45) is 0 Å². The fourth-order valence-corrected chi connectivity index (χ4v) is 3.77. The minimum absolute atomic E-state index is 0.00604. The highest BCUT2D eigenvalue weighted by atomic mass is 16.2. The molecule has 1 aliphatic carbocycles. The van der Waals surface area contributed by atoms with Crippen LogP contribution in [-0.4, -0.2) is 23.4 Å². The van der Waals surface area contributed by atoms with Crippen molar-refractivity contribution in [1.29, 1.82) is 0 Å². The summed E-state index contributed by atoms with van der Waals surface area (Å²) in [5, 5.41) is 3.17. The third-order valence-corrected chi connectivity index (χ3v) is 5.50. The van der Waals surface area contributed by atoms with Gasteiger partial charge in [0.05, 0.1) is 0 Å². The summed E-state index contributed by atoms with van der Waals surface area (Å²) >= 11 is 0. The predicted octanol–water partition coefficient (Wildman–Crippen LogP) is 3.25. The van der Waals surface area contributed by atoms with E-state index in [1.807, 2.05) is 32.0 Å². The van der Waals surface area contributed by atoms with Gasteiger partial charge in [-0.1, -0.05) is 18.9 Å². The number of carbonyl (C=O) groups is 2. The van der Waals surface area contributed by atoms with Crippen LogP contribution < -0.4 is 10.2 Å². The second kappa shape index (κ2) is 5.99. The molecule has 1 heterocycles. The number of nitrogens with one attached hydrogen (secondary N) is 1. The van der Waals surface area contributed by atoms with Crippen LogP contribution in [0.15, 0.2) is 18.2 Å². The van der Waals surface area contributed by atoms with E-state index in [4.69, 9.17) is 0 Å². The first-order chi connectivity index (χ1) is 10.9. The molecule has 4 heteroatoms. The second-order valence-corrected chi connectivity index (χ2v) is 7.23. The molecule has 124 valence electrons. The molecule has 1 aromatic carbocycles. The molecule has 2 aliphatic rings. The molecular formula is C19H26N2O2. The lowest BCUT2D eigenvalue weighted by Crippen LogP contribution is -2.56. The quantitative estimate of drug-likeness (QED) is 0.931. The molecule has 23 heavy (non-hydrogen) atoms. The monoisotopic (exact) mass is 314 g/mol. The van der Waals surface area contributed by atoms with Crippen molar-refractivity contribution in [3.8, 4) is 0 Å². The van der Waals surface area contributed by atoms with Crippen LogP contribution in [0.1, 0.15) is 56.6 Å². The smallest absolute Gasteiger partial charge is 0.246 e. The maximum absolute atomic E-state index is 12.9. The van der Waals surface area contributed by atoms with Crippen LogP contribution >= 0.6 is 0 Å². The van der Waals surface area contributed by atoms with Crippen molar-refractivity contribution in [2.45, 2.75) is 70.9 Å². The maximum Gasteiger partial charge on any atom is 0.246 e. The van der Waals surface area contributed by atoms with E-state index in [9.17, 15) is 9.59 Å². The molecule has 1 atom stereocenters. The lowest BCUT2D eigenvalue weighted by atomic mass is 9.96. The van der Waals surface area contributed by atoms with Gasteiger partial charge in [0.15, 0.2) is 0 Å². The Hall–Kier alpha value is -1.84. The summed E-state index contributed by atoms with van der Waals surface area (Å²) in [6, 6.07) is 6.26. The van der Waals surface area contributed by atoms with Crippen LogP contribution in [0, 0.1) is 13.8 Å². The number of carbonyl (C=O) groups excluding carboxylic acids is 2. The van der Waals surface area contributed by atoms with Gasteiger partial charge in [0.25, 0.3) is 0 Å². The molecule has 4 nitrogen and oxygen atoms in total. The van der Waals surface area contributed by atoms with Gasteiger partial charge in [-0.25, -0.2) is 0 Å². The number of anilines is 1. The minimum atomic E-state index is -0.776. The normalized spacial score (nSPS) is 25.2. The van der Waals surface area contributed by atoms with Crippen LogP contribution in [0.2, 0.25) is 0 Å². The summed E-state index contributed by atoms with van der Waals surface area (Å²) in [5.41, 5.74) is 2.39. The van der Waals surface area contributed by atoms with Gasteiger partial charge in [-0.3, -0.25) is 14.5 Å². The maximum atomic E-state index is 12.9. The summed E-state index contributed by atoms with van der Waals surface area (Å²) in [6.45, 7) is 5.99. The van der Waals surface area contributed by atoms with Gasteiger partial charge >= 0.3 is 0 Å². The van der Waals surface area contributed by atoms with E-state index in [2.05, 4.69) is 12.2 Å². The van der Waals surface area contributed by atoms with Crippen LogP contribution in [0.4, 0.5) is 5.69 Å². The zero-order valence-electron chi connectivity index (χ0n) is 14.3. The Labute approximate surface area is 138 Å². The van der Waals surface area contributed by atoms with Crippen molar-refractivity contribution in [2.75, 3.05) is 4.90 Å². The van der Waals surface area contributed by atoms with Crippen LogP contribution in [0.25, 0.3) is 0 Å². The third-order valence-electron chi connectivity index (χ3n) is 5.50. The van der Waals surface area contributed by atoms with E-state index in [0.29, 0.717) is 12.8 Å². The first-order valence-electron chi connectivity index (χ1n) is 8.63. The van der Waals surface area contributed by atoms with Crippen LogP contribution in [-0.2, 0) is 9.59 Å². The zero-order valence-corrected chi connectivity index (χ0v) is 14.3. The Kier molecular flexibility index (Phi) is 4.17. The van der Waals surface area contributed by atoms with Gasteiger partial charge in [0, 0.05) is 18.2 Å². The van der Waals surface area contributed by atoms with Crippen LogP contribution in [0.5, 0.6) is 0 Å². The van der Waals surface area contributed by atoms with Crippen molar-refractivity contribution < 1.29 is 9.59 Å². The molecule has 0 bridgehead atoms. The number of hydrogen-bond acceptors (Lipinski definition) is 2. The second-order valence-electron chi connectivity index (χ2n) is 7.23. The van der Waals surface area contributed by atoms with E-state index in [0.717, 1.165) is 24.1 Å². The Balaban J connectivity index is 1.88. The first-order valence-corrected chi connectivity index (χ1v) is 8.63. The van der Waals surface area contributed by atoms with E-state index >= 15 is 0 Å². The average molecular weight is 314 g/mol. The van der Waals surface area contributed by atoms with Crippen molar-refractivity contribution in [3.05, 3.63) is 29.3 Å². The molecule has 0 spiro atoms. The first kappa shape index (κ1) is 16.0. The topological polar surface area (TPSA) is 49.4 Å². The molecule has 2 fully saturated rings. The molecule has 1 aliphatic heterocycles. The van der Waals surface area contributed by atoms with Crippen molar-refractivity contribution in [1.82, 2.24) is 5.32 Å². The predicted molar refractivity (Wildman–Crippen MR) is 91.4 cm³/mol. The van der Waals surface area contributed by atoms with Gasteiger partial charge in [-0.15, -0.1) is 0 Å². The molecule has 1 N–H and O–H groups in total. The van der Waals surface area contributed by atoms with Gasteiger partial charge in [-0.05, 0) is 63.3 Å². The van der Waals surface area contributed by atoms with Gasteiger partial charge in [0.1, 0.15) is 5.54 Å². The number of hydrogen-bond donors (Lipinski definition) is 1. The zero-order chi connectivity index (χ0) is 16.6. The van der Waals surface area contributed by atoms with Gasteiger partial charge < -0.3 is 5.32 Å². The Bertz CT molecular complexity index is 634. The highest BCUT2D eigenvalue weighted by molar-refractivity contribution is 6.06. The van der Waals surface area contributed by atoms with E-state index < -0.39 is 5.54 Å². The summed E-state index contributed by atoms with van der Waals surface area (Å²) in [4.78, 5) is 27.1. The SMILES string of the molecule is Cc1ccc(N2C(=O)CCC2(C)C(=O)NC2CCCC2)cc1C. The fraction of sp³-hybridized carbons (Fsp3) is 0.579. The third kappa shape index (κ3) is 2.87. The molecule has 1 unspecified atom stereocenters. The van der Waals surface area contributed by atoms with Crippen molar-refractivity contribution in [3.63, 3.8) is 0 Å². The summed E-state index contributed by atoms with van der Waals surface area (Å²) in [6.07, 6.45) is 5.49. The number of nitrogens with zero attached hydrogens (tertiary/aromatic N) is 1. The minimum Gasteiger partial charge on any atom is -0.351 e. The molecule has 0 aromatic heterocycles. The molecule has 1 saturated heterocycles. The average Bonchev–Trinajstić information content (AvgIpc) is 3.11. The van der Waals surface area contributed by atoms with E-state index in [1.54, 1.807) is 4.90 Å². The van der Waals surface area contributed by atoms with E-state index in [1.165, 1.54) is 18.4 Å². The lowest BCUT2D eigenvalue weighted by molar-refractivity contribution is -0.127. The Morgan fingerprint density at radius 1 is 1.22 bits per heavy atom. The molecule has 3 rings (SSSR count). The molecule has 1 saturated carbocycles. The van der Waals surface area contributed by atoms with Gasteiger partial charge in [0.2, 0.25) is 11.8 Å². The summed E-state index contributed by atoms with van der Waals surface area (Å²) in [5.74, 6) is 0.0332. The number of amides is 2. The summed E-state index contributed by atoms with van der Waals surface area (Å²) in [7, 11) is 0. The highest BCUT2D eigenvalue weighted by Crippen LogP contribution is 2.36. The Morgan fingerprint density at radius 2 is 1.91 bits per heavy atom. The number of benzene rings is 1. The molecule has 0 radical (unpaired) electrons. The standard InChI is InChI=1S/C19H26N2O2/c1-13-8-9-16(12-14(13)2)21-17(22)10-11-19(21,3)18(23)20-15-6-4-5-7-15/h8-9,12,15H,4-7,10-11H2,1-3H3,(H,20,23). The molecule has 1 aromatic rings. The highest BCUT2D eigenvalue weighted by Gasteiger charge is 2.48.